The second-order valence-electron chi connectivity index (χ2n) is 3.23. The molecule has 0 unspecified atom stereocenters. The molecular weight excluding hydrogens is 212 g/mol. The van der Waals surface area contributed by atoms with Gasteiger partial charge in [-0.3, -0.25) is 0 Å². The van der Waals surface area contributed by atoms with Gasteiger partial charge < -0.3 is 5.73 Å². The molecule has 1 aromatic carbocycles. The van der Waals surface area contributed by atoms with Crippen LogP contribution in [0, 0.1) is 0 Å². The van der Waals surface area contributed by atoms with Crippen molar-refractivity contribution >= 4 is 10.0 Å². The van der Waals surface area contributed by atoms with Gasteiger partial charge in [-0.05, 0) is 11.6 Å². The molecular formula is C10H16N2O2S. The van der Waals surface area contributed by atoms with Gasteiger partial charge >= 0.3 is 0 Å². The largest absolute Gasteiger partial charge is 0.326 e. The summed E-state index contributed by atoms with van der Waals surface area (Å²) < 4.78 is 25.3. The molecule has 0 aliphatic carbocycles. The average Bonchev–Trinajstić information content (AvgIpc) is 2.27. The lowest BCUT2D eigenvalue weighted by atomic mass is 10.2. The number of hydrogen-bond donors (Lipinski definition) is 1. The summed E-state index contributed by atoms with van der Waals surface area (Å²) in [4.78, 5) is 0.303. The Hall–Kier alpha value is -0.910. The molecule has 5 heteroatoms. The van der Waals surface area contributed by atoms with Crippen LogP contribution >= 0.6 is 0 Å². The van der Waals surface area contributed by atoms with Gasteiger partial charge in [0.2, 0.25) is 10.0 Å². The van der Waals surface area contributed by atoms with E-state index in [1.807, 2.05) is 0 Å². The molecule has 0 fully saturated rings. The molecule has 0 heterocycles. The maximum atomic E-state index is 12.0. The Bertz CT molecular complexity index is 429. The van der Waals surface area contributed by atoms with E-state index in [1.54, 1.807) is 38.2 Å². The molecule has 0 saturated heterocycles. The maximum absolute atomic E-state index is 12.0. The zero-order chi connectivity index (χ0) is 11.5. The lowest BCUT2D eigenvalue weighted by Gasteiger charge is -2.16. The van der Waals surface area contributed by atoms with Crippen LogP contribution in [0.4, 0.5) is 0 Å². The van der Waals surface area contributed by atoms with E-state index in [1.165, 1.54) is 4.31 Å². The van der Waals surface area contributed by atoms with Gasteiger partial charge in [0.05, 0.1) is 4.90 Å². The highest BCUT2D eigenvalue weighted by Crippen LogP contribution is 2.18. The van der Waals surface area contributed by atoms with Crippen molar-refractivity contribution < 1.29 is 8.42 Å². The smallest absolute Gasteiger partial charge is 0.243 e. The fourth-order valence-electron chi connectivity index (χ4n) is 1.26. The highest BCUT2D eigenvalue weighted by Gasteiger charge is 2.21. The standard InChI is InChI=1S/C10H16N2O2S/c1-3-12(2)15(13,14)10-7-5-4-6-9(10)8-11/h4-7H,3,8,11H2,1-2H3. The van der Waals surface area contributed by atoms with E-state index in [2.05, 4.69) is 0 Å². The van der Waals surface area contributed by atoms with E-state index in [0.717, 1.165) is 0 Å². The molecule has 1 aromatic rings. The fourth-order valence-corrected chi connectivity index (χ4v) is 2.67. The van der Waals surface area contributed by atoms with E-state index in [0.29, 0.717) is 17.0 Å². The number of hydrogen-bond acceptors (Lipinski definition) is 3. The first-order valence-electron chi connectivity index (χ1n) is 4.78. The van der Waals surface area contributed by atoms with Crippen LogP contribution in [0.2, 0.25) is 0 Å². The zero-order valence-corrected chi connectivity index (χ0v) is 9.79. The van der Waals surface area contributed by atoms with Gasteiger partial charge in [0.1, 0.15) is 0 Å². The SMILES string of the molecule is CCN(C)S(=O)(=O)c1ccccc1CN. The Morgan fingerprint density at radius 3 is 2.47 bits per heavy atom. The molecule has 15 heavy (non-hydrogen) atoms. The zero-order valence-electron chi connectivity index (χ0n) is 8.97. The molecule has 2 N–H and O–H groups in total. The summed E-state index contributed by atoms with van der Waals surface area (Å²) in [5, 5.41) is 0. The molecule has 84 valence electrons. The normalized spacial score (nSPS) is 12.0. The van der Waals surface area contributed by atoms with Crippen molar-refractivity contribution in [3.8, 4) is 0 Å². The topological polar surface area (TPSA) is 63.4 Å². The van der Waals surface area contributed by atoms with Gasteiger partial charge in [-0.2, -0.15) is 0 Å². The Labute approximate surface area is 90.8 Å². The fraction of sp³-hybridized carbons (Fsp3) is 0.400. The van der Waals surface area contributed by atoms with Gasteiger partial charge in [-0.25, -0.2) is 12.7 Å². The van der Waals surface area contributed by atoms with Crippen molar-refractivity contribution in [3.05, 3.63) is 29.8 Å². The molecule has 4 nitrogen and oxygen atoms in total. The highest BCUT2D eigenvalue weighted by molar-refractivity contribution is 7.89. The minimum Gasteiger partial charge on any atom is -0.326 e. The van der Waals surface area contributed by atoms with Crippen molar-refractivity contribution in [1.29, 1.82) is 0 Å². The Morgan fingerprint density at radius 2 is 1.93 bits per heavy atom. The number of benzene rings is 1. The lowest BCUT2D eigenvalue weighted by molar-refractivity contribution is 0.485. The summed E-state index contributed by atoms with van der Waals surface area (Å²) in [5.74, 6) is 0. The van der Waals surface area contributed by atoms with Gasteiger partial charge in [0, 0.05) is 20.1 Å². The molecule has 0 saturated carbocycles. The third-order valence-electron chi connectivity index (χ3n) is 2.33. The van der Waals surface area contributed by atoms with Gasteiger partial charge in [0.25, 0.3) is 0 Å². The minimum absolute atomic E-state index is 0.229. The summed E-state index contributed by atoms with van der Waals surface area (Å²) in [5.41, 5.74) is 6.16. The third kappa shape index (κ3) is 2.37. The molecule has 0 spiro atoms. The van der Waals surface area contributed by atoms with E-state index < -0.39 is 10.0 Å². The number of nitrogens with two attached hydrogens (primary N) is 1. The Morgan fingerprint density at radius 1 is 1.33 bits per heavy atom. The first-order valence-corrected chi connectivity index (χ1v) is 6.22. The predicted octanol–water partition coefficient (Wildman–Crippen LogP) is 0.786. The molecule has 0 aromatic heterocycles. The average molecular weight is 228 g/mol. The van der Waals surface area contributed by atoms with Crippen LogP contribution < -0.4 is 5.73 Å². The predicted molar refractivity (Wildman–Crippen MR) is 59.8 cm³/mol. The number of sulfonamides is 1. The molecule has 1 rings (SSSR count). The van der Waals surface area contributed by atoms with Crippen molar-refractivity contribution in [2.75, 3.05) is 13.6 Å². The maximum Gasteiger partial charge on any atom is 0.243 e. The third-order valence-corrected chi connectivity index (χ3v) is 4.36. The second kappa shape index (κ2) is 4.74. The van der Waals surface area contributed by atoms with Crippen LogP contribution in [0.3, 0.4) is 0 Å². The first kappa shape index (κ1) is 12.2. The summed E-state index contributed by atoms with van der Waals surface area (Å²) in [6, 6.07) is 6.81. The van der Waals surface area contributed by atoms with Crippen LogP contribution in [0.25, 0.3) is 0 Å². The summed E-state index contributed by atoms with van der Waals surface area (Å²) in [6.45, 7) is 2.47. The van der Waals surface area contributed by atoms with Crippen LogP contribution in [-0.4, -0.2) is 26.3 Å². The number of rotatable bonds is 4. The van der Waals surface area contributed by atoms with E-state index in [-0.39, 0.29) is 6.54 Å². The van der Waals surface area contributed by atoms with Gasteiger partial charge in [0.15, 0.2) is 0 Å². The Balaban J connectivity index is 3.27. The summed E-state index contributed by atoms with van der Waals surface area (Å²) in [7, 11) is -1.82. The molecule has 0 atom stereocenters. The van der Waals surface area contributed by atoms with Crippen molar-refractivity contribution in [3.63, 3.8) is 0 Å². The highest BCUT2D eigenvalue weighted by atomic mass is 32.2. The van der Waals surface area contributed by atoms with Crippen LogP contribution in [0.1, 0.15) is 12.5 Å². The van der Waals surface area contributed by atoms with Crippen LogP contribution in [0.15, 0.2) is 29.2 Å². The van der Waals surface area contributed by atoms with E-state index in [4.69, 9.17) is 5.73 Å². The monoisotopic (exact) mass is 228 g/mol. The quantitative estimate of drug-likeness (QED) is 0.828. The van der Waals surface area contributed by atoms with Gasteiger partial charge in [-0.15, -0.1) is 0 Å². The van der Waals surface area contributed by atoms with Crippen molar-refractivity contribution in [2.45, 2.75) is 18.4 Å². The minimum atomic E-state index is -3.38. The molecule has 0 radical (unpaired) electrons. The molecule has 0 amide bonds. The summed E-state index contributed by atoms with van der Waals surface area (Å²) in [6.07, 6.45) is 0. The molecule has 0 bridgehead atoms. The summed E-state index contributed by atoms with van der Waals surface area (Å²) >= 11 is 0. The second-order valence-corrected chi connectivity index (χ2v) is 5.24. The molecule has 0 aliphatic heterocycles. The Kier molecular flexibility index (Phi) is 3.84. The van der Waals surface area contributed by atoms with Crippen molar-refractivity contribution in [1.82, 2.24) is 4.31 Å². The lowest BCUT2D eigenvalue weighted by Crippen LogP contribution is -2.27. The van der Waals surface area contributed by atoms with Crippen molar-refractivity contribution in [2.24, 2.45) is 5.73 Å². The number of nitrogens with zero attached hydrogens (tertiary/aromatic N) is 1. The first-order chi connectivity index (χ1) is 7.04. The van der Waals surface area contributed by atoms with E-state index in [9.17, 15) is 8.42 Å². The van der Waals surface area contributed by atoms with Gasteiger partial charge in [-0.1, -0.05) is 25.1 Å². The van der Waals surface area contributed by atoms with Crippen LogP contribution in [-0.2, 0) is 16.6 Å². The van der Waals surface area contributed by atoms with Crippen LogP contribution in [0.5, 0.6) is 0 Å². The molecule has 0 aliphatic rings. The van der Waals surface area contributed by atoms with E-state index >= 15 is 0 Å².